The Morgan fingerprint density at radius 2 is 1.92 bits per heavy atom. The van der Waals surface area contributed by atoms with Gasteiger partial charge in [-0.1, -0.05) is 42.3 Å². The first-order valence-electron chi connectivity index (χ1n) is 7.69. The molecule has 1 aromatic carbocycles. The van der Waals surface area contributed by atoms with Crippen molar-refractivity contribution in [3.63, 3.8) is 0 Å². The highest BCUT2D eigenvalue weighted by Crippen LogP contribution is 2.27. The highest BCUT2D eigenvalue weighted by molar-refractivity contribution is 7.16. The highest BCUT2D eigenvalue weighted by Gasteiger charge is 2.15. The van der Waals surface area contributed by atoms with Crippen LogP contribution in [-0.4, -0.2) is 21.6 Å². The van der Waals surface area contributed by atoms with E-state index in [0.29, 0.717) is 23.3 Å². The smallest absolute Gasteiger partial charge is 0.249 e. The van der Waals surface area contributed by atoms with E-state index in [1.807, 2.05) is 30.3 Å². The number of hydrogen-bond acceptors (Lipinski definition) is 5. The fourth-order valence-electron chi connectivity index (χ4n) is 2.44. The minimum Gasteiger partial charge on any atom is -0.419 e. The minimum atomic E-state index is 0.450. The molecule has 0 N–H and O–H groups in total. The van der Waals surface area contributed by atoms with E-state index in [4.69, 9.17) is 27.6 Å². The summed E-state index contributed by atoms with van der Waals surface area (Å²) in [7, 11) is 0. The van der Waals surface area contributed by atoms with Gasteiger partial charge in [0.05, 0.1) is 21.5 Å². The average molecular weight is 382 g/mol. The third kappa shape index (κ3) is 4.36. The molecule has 4 nitrogen and oxygen atoms in total. The standard InChI is InChI=1S/C17H17Cl2N3OS/c1-2-9-22(10-12-7-8-15(19)24-12)11-16-20-21-17(23-16)13-5-3-4-6-14(13)18/h3-8H,2,9-11H2,1H3. The molecular weight excluding hydrogens is 365 g/mol. The Morgan fingerprint density at radius 3 is 2.62 bits per heavy atom. The van der Waals surface area contributed by atoms with E-state index in [9.17, 15) is 0 Å². The van der Waals surface area contributed by atoms with E-state index in [0.717, 1.165) is 29.4 Å². The number of nitrogens with zero attached hydrogens (tertiary/aromatic N) is 3. The summed E-state index contributed by atoms with van der Waals surface area (Å²) in [5.41, 5.74) is 0.755. The largest absolute Gasteiger partial charge is 0.419 e. The summed E-state index contributed by atoms with van der Waals surface area (Å²) in [4.78, 5) is 3.49. The predicted octanol–water partition coefficient (Wildman–Crippen LogP) is 5.52. The van der Waals surface area contributed by atoms with Gasteiger partial charge in [-0.3, -0.25) is 4.90 Å². The van der Waals surface area contributed by atoms with E-state index in [-0.39, 0.29) is 0 Å². The van der Waals surface area contributed by atoms with Crippen molar-refractivity contribution in [2.75, 3.05) is 6.54 Å². The maximum Gasteiger partial charge on any atom is 0.249 e. The fourth-order valence-corrected chi connectivity index (χ4v) is 3.79. The van der Waals surface area contributed by atoms with Gasteiger partial charge in [-0.25, -0.2) is 0 Å². The lowest BCUT2D eigenvalue weighted by atomic mass is 10.2. The second-order valence-corrected chi connectivity index (χ2v) is 7.60. The van der Waals surface area contributed by atoms with Gasteiger partial charge in [0.2, 0.25) is 11.8 Å². The van der Waals surface area contributed by atoms with Crippen LogP contribution in [0.5, 0.6) is 0 Å². The van der Waals surface area contributed by atoms with E-state index in [1.165, 1.54) is 4.88 Å². The average Bonchev–Trinajstić information content (AvgIpc) is 3.17. The molecule has 3 rings (SSSR count). The molecule has 126 valence electrons. The van der Waals surface area contributed by atoms with Gasteiger partial charge in [0, 0.05) is 11.4 Å². The highest BCUT2D eigenvalue weighted by atomic mass is 35.5. The number of aromatic nitrogens is 2. The lowest BCUT2D eigenvalue weighted by Gasteiger charge is -2.18. The predicted molar refractivity (Wildman–Crippen MR) is 98.5 cm³/mol. The zero-order chi connectivity index (χ0) is 16.9. The quantitative estimate of drug-likeness (QED) is 0.540. The topological polar surface area (TPSA) is 42.2 Å². The molecule has 0 aliphatic rings. The number of rotatable bonds is 7. The summed E-state index contributed by atoms with van der Waals surface area (Å²) in [5, 5.41) is 8.89. The van der Waals surface area contributed by atoms with Gasteiger partial charge in [0.1, 0.15) is 0 Å². The fraction of sp³-hybridized carbons (Fsp3) is 0.294. The Hall–Kier alpha value is -1.40. The molecule has 0 radical (unpaired) electrons. The summed E-state index contributed by atoms with van der Waals surface area (Å²) >= 11 is 13.8. The van der Waals surface area contributed by atoms with Crippen molar-refractivity contribution in [1.29, 1.82) is 0 Å². The third-order valence-electron chi connectivity index (χ3n) is 3.48. The van der Waals surface area contributed by atoms with Crippen molar-refractivity contribution >= 4 is 34.5 Å². The Bertz CT molecular complexity index is 802. The summed E-state index contributed by atoms with van der Waals surface area (Å²) in [5.74, 6) is 1.03. The summed E-state index contributed by atoms with van der Waals surface area (Å²) in [6.07, 6.45) is 1.05. The Labute approximate surface area is 155 Å². The van der Waals surface area contributed by atoms with Gasteiger partial charge in [-0.05, 0) is 37.2 Å². The van der Waals surface area contributed by atoms with Crippen LogP contribution in [0.1, 0.15) is 24.1 Å². The van der Waals surface area contributed by atoms with E-state index in [1.54, 1.807) is 11.3 Å². The molecule has 2 heterocycles. The monoisotopic (exact) mass is 381 g/mol. The van der Waals surface area contributed by atoms with Crippen LogP contribution in [0.4, 0.5) is 0 Å². The number of thiophene rings is 1. The zero-order valence-corrected chi connectivity index (χ0v) is 15.5. The first-order chi connectivity index (χ1) is 11.7. The normalized spacial score (nSPS) is 11.3. The summed E-state index contributed by atoms with van der Waals surface area (Å²) < 4.78 is 6.61. The van der Waals surface area contributed by atoms with E-state index >= 15 is 0 Å². The second kappa shape index (κ2) is 8.12. The van der Waals surface area contributed by atoms with Crippen LogP contribution >= 0.6 is 34.5 Å². The Balaban J connectivity index is 1.72. The van der Waals surface area contributed by atoms with Crippen LogP contribution in [-0.2, 0) is 13.1 Å². The van der Waals surface area contributed by atoms with Crippen molar-refractivity contribution < 1.29 is 4.42 Å². The molecule has 0 bridgehead atoms. The van der Waals surface area contributed by atoms with Crippen LogP contribution in [0.15, 0.2) is 40.8 Å². The van der Waals surface area contributed by atoms with Gasteiger partial charge in [-0.15, -0.1) is 21.5 Å². The first-order valence-corrected chi connectivity index (χ1v) is 9.27. The molecule has 0 spiro atoms. The molecule has 0 aliphatic carbocycles. The van der Waals surface area contributed by atoms with Crippen molar-refractivity contribution in [2.24, 2.45) is 0 Å². The molecule has 0 amide bonds. The SMILES string of the molecule is CCCN(Cc1nnc(-c2ccccc2Cl)o1)Cc1ccc(Cl)s1. The molecule has 7 heteroatoms. The van der Waals surface area contributed by atoms with Crippen LogP contribution in [0.25, 0.3) is 11.5 Å². The molecule has 0 unspecified atom stereocenters. The molecule has 3 aromatic rings. The third-order valence-corrected chi connectivity index (χ3v) is 5.02. The molecule has 0 saturated carbocycles. The maximum atomic E-state index is 6.18. The van der Waals surface area contributed by atoms with Gasteiger partial charge in [0.25, 0.3) is 0 Å². The van der Waals surface area contributed by atoms with Crippen molar-refractivity contribution in [1.82, 2.24) is 15.1 Å². The van der Waals surface area contributed by atoms with E-state index < -0.39 is 0 Å². The van der Waals surface area contributed by atoms with Gasteiger partial charge in [0.15, 0.2) is 0 Å². The molecule has 0 atom stereocenters. The molecule has 2 aromatic heterocycles. The van der Waals surface area contributed by atoms with Gasteiger partial charge < -0.3 is 4.42 Å². The molecule has 24 heavy (non-hydrogen) atoms. The number of hydrogen-bond donors (Lipinski definition) is 0. The number of benzene rings is 1. The summed E-state index contributed by atoms with van der Waals surface area (Å²) in [6, 6.07) is 11.4. The number of halogens is 2. The van der Waals surface area contributed by atoms with Crippen molar-refractivity contribution in [3.05, 3.63) is 56.5 Å². The van der Waals surface area contributed by atoms with Crippen molar-refractivity contribution in [3.8, 4) is 11.5 Å². The molecule has 0 fully saturated rings. The summed E-state index contributed by atoms with van der Waals surface area (Å²) in [6.45, 7) is 4.51. The lowest BCUT2D eigenvalue weighted by Crippen LogP contribution is -2.23. The van der Waals surface area contributed by atoms with Crippen molar-refractivity contribution in [2.45, 2.75) is 26.4 Å². The zero-order valence-electron chi connectivity index (χ0n) is 13.2. The first kappa shape index (κ1) is 17.4. The molecule has 0 saturated heterocycles. The van der Waals surface area contributed by atoms with Crippen LogP contribution < -0.4 is 0 Å². The van der Waals surface area contributed by atoms with Crippen LogP contribution in [0.3, 0.4) is 0 Å². The van der Waals surface area contributed by atoms with E-state index in [2.05, 4.69) is 28.1 Å². The van der Waals surface area contributed by atoms with Crippen LogP contribution in [0, 0.1) is 0 Å². The minimum absolute atomic E-state index is 0.450. The van der Waals surface area contributed by atoms with Gasteiger partial charge >= 0.3 is 0 Å². The second-order valence-electron chi connectivity index (χ2n) is 5.40. The van der Waals surface area contributed by atoms with Crippen LogP contribution in [0.2, 0.25) is 9.36 Å². The maximum absolute atomic E-state index is 6.18. The Morgan fingerprint density at radius 1 is 1.08 bits per heavy atom. The lowest BCUT2D eigenvalue weighted by molar-refractivity contribution is 0.234. The molecular formula is C17H17Cl2N3OS. The Kier molecular flexibility index (Phi) is 5.89. The van der Waals surface area contributed by atoms with Gasteiger partial charge in [-0.2, -0.15) is 0 Å². The molecule has 0 aliphatic heterocycles.